The molecular weight excluding hydrogens is 258 g/mol. The van der Waals surface area contributed by atoms with E-state index in [0.717, 1.165) is 0 Å². The van der Waals surface area contributed by atoms with E-state index in [1.165, 1.54) is 0 Å². The molecule has 18 heavy (non-hydrogen) atoms. The van der Waals surface area contributed by atoms with Crippen LogP contribution in [0.25, 0.3) is 0 Å². The van der Waals surface area contributed by atoms with Gasteiger partial charge < -0.3 is 15.6 Å². The van der Waals surface area contributed by atoms with Crippen LogP contribution in [0.15, 0.2) is 36.4 Å². The third-order valence-electron chi connectivity index (χ3n) is 0.667. The fourth-order valence-corrected chi connectivity index (χ4v) is 0.385. The molecule has 0 aliphatic carbocycles. The highest BCUT2D eigenvalue weighted by atomic mass is 16.9. The highest BCUT2D eigenvalue weighted by molar-refractivity contribution is 4.99. The minimum atomic E-state index is -1.50. The second-order valence-electron chi connectivity index (χ2n) is 1.87. The van der Waals surface area contributed by atoms with E-state index in [0.29, 0.717) is 0 Å². The minimum Gasteiger partial charge on any atom is -0.328 e. The zero-order valence-electron chi connectivity index (χ0n) is 8.60. The van der Waals surface area contributed by atoms with Crippen LogP contribution in [0.3, 0.4) is 0 Å². The fourth-order valence-electron chi connectivity index (χ4n) is 0.385. The smallest absolute Gasteiger partial charge is 0.291 e. The van der Waals surface area contributed by atoms with Crippen molar-refractivity contribution in [3.63, 3.8) is 0 Å². The number of rotatable bonds is 0. The summed E-state index contributed by atoms with van der Waals surface area (Å²) in [6.45, 7) is 0. The molecule has 0 spiro atoms. The van der Waals surface area contributed by atoms with E-state index in [-0.39, 0.29) is 0 Å². The Bertz CT molecular complexity index is 263. The van der Waals surface area contributed by atoms with E-state index in [4.69, 9.17) is 46.0 Å². The first-order valence-electron chi connectivity index (χ1n) is 3.70. The maximum atomic E-state index is 8.36. The van der Waals surface area contributed by atoms with E-state index in [9.17, 15) is 0 Å². The van der Waals surface area contributed by atoms with E-state index in [1.54, 1.807) is 0 Å². The van der Waals surface area contributed by atoms with Crippen molar-refractivity contribution < 1.29 is 30.9 Å². The molecule has 12 nitrogen and oxygen atoms in total. The second-order valence-corrected chi connectivity index (χ2v) is 1.87. The molecule has 0 amide bonds. The monoisotopic (exact) mass is 267 g/mol. The Morgan fingerprint density at radius 2 is 0.611 bits per heavy atom. The van der Waals surface area contributed by atoms with Gasteiger partial charge in [-0.3, -0.25) is 0 Å². The Balaban J connectivity index is -0.000000171. The van der Waals surface area contributed by atoms with Crippen molar-refractivity contribution in [1.29, 1.82) is 0 Å². The van der Waals surface area contributed by atoms with Gasteiger partial charge in [0.05, 0.1) is 0 Å². The number of hydrogen-bond donors (Lipinski definition) is 3. The van der Waals surface area contributed by atoms with Gasteiger partial charge in [-0.15, -0.1) is 30.3 Å². The summed E-state index contributed by atoms with van der Waals surface area (Å²) in [7, 11) is 0. The first-order chi connectivity index (χ1) is 8.20. The SMILES string of the molecule is O=[N+]([O-])O.O=[N+]([O-])O.O=[N+]([O-])O.c1ccccc1. The largest absolute Gasteiger partial charge is 0.328 e. The lowest BCUT2D eigenvalue weighted by molar-refractivity contribution is -0.742. The molecule has 0 saturated heterocycles. The Labute approximate surface area is 98.7 Å². The quantitative estimate of drug-likeness (QED) is 0.446. The van der Waals surface area contributed by atoms with E-state index in [1.807, 2.05) is 36.4 Å². The lowest BCUT2D eigenvalue weighted by Crippen LogP contribution is -1.81. The van der Waals surface area contributed by atoms with Crippen LogP contribution in [0, 0.1) is 30.3 Å². The maximum absolute atomic E-state index is 8.36. The molecule has 0 aliphatic rings. The standard InChI is InChI=1S/C6H6.3HNO3/c1-2-4-6-5-3-1;3*2-1(3)4/h1-6H;3*(H,2,3,4). The van der Waals surface area contributed by atoms with Crippen LogP contribution in [-0.4, -0.2) is 30.9 Å². The predicted molar refractivity (Wildman–Crippen MR) is 52.8 cm³/mol. The van der Waals surface area contributed by atoms with Gasteiger partial charge >= 0.3 is 0 Å². The summed E-state index contributed by atoms with van der Waals surface area (Å²) in [5.74, 6) is 0. The number of nitrogens with zero attached hydrogens (tertiary/aromatic N) is 3. The molecule has 0 aromatic heterocycles. The molecule has 3 N–H and O–H groups in total. The fraction of sp³-hybridized carbons (Fsp3) is 0. The van der Waals surface area contributed by atoms with E-state index >= 15 is 0 Å². The summed E-state index contributed by atoms with van der Waals surface area (Å²) in [5.41, 5.74) is 0. The minimum absolute atomic E-state index is 1.50. The average Bonchev–Trinajstić information content (AvgIpc) is 2.17. The first kappa shape index (κ1) is 20.3. The molecule has 1 aromatic rings. The van der Waals surface area contributed by atoms with Crippen molar-refractivity contribution in [2.75, 3.05) is 0 Å². The lowest BCUT2D eigenvalue weighted by atomic mass is 10.4. The summed E-state index contributed by atoms with van der Waals surface area (Å²) in [4.78, 5) is 25.1. The summed E-state index contributed by atoms with van der Waals surface area (Å²) >= 11 is 0. The normalized spacial score (nSPS) is 6.67. The van der Waals surface area contributed by atoms with Gasteiger partial charge in [0, 0.05) is 0 Å². The van der Waals surface area contributed by atoms with Crippen LogP contribution in [0.1, 0.15) is 0 Å². The summed E-state index contributed by atoms with van der Waals surface area (Å²) in [6.07, 6.45) is 0. The average molecular weight is 267 g/mol. The van der Waals surface area contributed by atoms with E-state index < -0.39 is 15.3 Å². The third kappa shape index (κ3) is 225. The van der Waals surface area contributed by atoms with Crippen molar-refractivity contribution in [2.24, 2.45) is 0 Å². The van der Waals surface area contributed by atoms with Crippen molar-refractivity contribution in [3.8, 4) is 0 Å². The Kier molecular flexibility index (Phi) is 18.3. The van der Waals surface area contributed by atoms with Crippen molar-refractivity contribution in [1.82, 2.24) is 0 Å². The van der Waals surface area contributed by atoms with Crippen LogP contribution >= 0.6 is 0 Å². The van der Waals surface area contributed by atoms with Crippen LogP contribution in [0.2, 0.25) is 0 Å². The Morgan fingerprint density at radius 1 is 0.556 bits per heavy atom. The number of benzene rings is 1. The van der Waals surface area contributed by atoms with Gasteiger partial charge in [-0.2, -0.15) is 0 Å². The molecule has 1 rings (SSSR count). The molecule has 102 valence electrons. The van der Waals surface area contributed by atoms with Gasteiger partial charge in [-0.25, -0.2) is 0 Å². The summed E-state index contributed by atoms with van der Waals surface area (Å²) < 4.78 is 0. The van der Waals surface area contributed by atoms with Gasteiger partial charge in [0.25, 0.3) is 15.3 Å². The molecule has 0 bridgehead atoms. The molecular formula is C6H9N3O9. The zero-order valence-corrected chi connectivity index (χ0v) is 8.60. The van der Waals surface area contributed by atoms with Crippen molar-refractivity contribution >= 4 is 0 Å². The first-order valence-corrected chi connectivity index (χ1v) is 3.70. The van der Waals surface area contributed by atoms with Crippen LogP contribution in [-0.2, 0) is 0 Å². The van der Waals surface area contributed by atoms with Gasteiger partial charge in [0.1, 0.15) is 0 Å². The van der Waals surface area contributed by atoms with Crippen molar-refractivity contribution in [2.45, 2.75) is 0 Å². The van der Waals surface area contributed by atoms with Gasteiger partial charge in [-0.1, -0.05) is 36.4 Å². The molecule has 0 fully saturated rings. The van der Waals surface area contributed by atoms with E-state index in [2.05, 4.69) is 0 Å². The molecule has 0 heterocycles. The molecule has 1 aromatic carbocycles. The summed E-state index contributed by atoms with van der Waals surface area (Å²) in [5, 5.41) is 40.9. The highest BCUT2D eigenvalue weighted by Gasteiger charge is 1.66. The molecule has 0 atom stereocenters. The molecule has 0 aliphatic heterocycles. The Morgan fingerprint density at radius 3 is 0.667 bits per heavy atom. The van der Waals surface area contributed by atoms with Crippen molar-refractivity contribution in [3.05, 3.63) is 66.7 Å². The second kappa shape index (κ2) is 16.3. The molecule has 0 radical (unpaired) electrons. The zero-order chi connectivity index (χ0) is 15.0. The van der Waals surface area contributed by atoms with Crippen LogP contribution in [0.5, 0.6) is 0 Å². The molecule has 0 unspecified atom stereocenters. The Hall–Kier alpha value is -3.18. The maximum Gasteiger partial charge on any atom is 0.291 e. The molecule has 0 saturated carbocycles. The lowest BCUT2D eigenvalue weighted by Gasteiger charge is -1.69. The third-order valence-corrected chi connectivity index (χ3v) is 0.667. The van der Waals surface area contributed by atoms with Gasteiger partial charge in [-0.05, 0) is 0 Å². The van der Waals surface area contributed by atoms with Gasteiger partial charge in [0.2, 0.25) is 0 Å². The number of hydrogen-bond acceptors (Lipinski definition) is 6. The molecule has 12 heteroatoms. The topological polar surface area (TPSA) is 190 Å². The van der Waals surface area contributed by atoms with Crippen LogP contribution in [0.4, 0.5) is 0 Å². The predicted octanol–water partition coefficient (Wildman–Crippen LogP) is 0.643. The highest BCUT2D eigenvalue weighted by Crippen LogP contribution is 1.79. The summed E-state index contributed by atoms with van der Waals surface area (Å²) in [6, 6.07) is 12.0. The van der Waals surface area contributed by atoms with Gasteiger partial charge in [0.15, 0.2) is 0 Å². The van der Waals surface area contributed by atoms with Crippen LogP contribution < -0.4 is 0 Å².